The molecule has 0 aliphatic heterocycles. The Morgan fingerprint density at radius 1 is 1.48 bits per heavy atom. The number of aliphatic carboxylic acids is 1. The molecule has 0 aliphatic carbocycles. The monoisotopic (exact) mass is 312 g/mol. The van der Waals surface area contributed by atoms with Gasteiger partial charge in [-0.2, -0.15) is 0 Å². The van der Waals surface area contributed by atoms with E-state index < -0.39 is 5.97 Å². The van der Waals surface area contributed by atoms with Gasteiger partial charge in [-0.3, -0.25) is 4.79 Å². The number of carboxylic acid groups (broad SMARTS) is 1. The molecule has 0 saturated heterocycles. The zero-order chi connectivity index (χ0) is 15.2. The van der Waals surface area contributed by atoms with E-state index in [2.05, 4.69) is 4.98 Å². The molecular weight excluding hydrogens is 295 g/mol. The molecule has 0 bridgehead atoms. The number of rotatable bonds is 8. The minimum atomic E-state index is -0.899. The SMILES string of the molecule is COCCCCn1c(SCC(=O)O)nc2ccc(F)cc21. The van der Waals surface area contributed by atoms with E-state index in [0.29, 0.717) is 29.3 Å². The van der Waals surface area contributed by atoms with Crippen LogP contribution in [0.15, 0.2) is 23.4 Å². The molecule has 2 rings (SSSR count). The van der Waals surface area contributed by atoms with Crippen LogP contribution >= 0.6 is 11.8 Å². The molecule has 21 heavy (non-hydrogen) atoms. The number of aryl methyl sites for hydroxylation is 1. The molecule has 0 spiro atoms. The van der Waals surface area contributed by atoms with Crippen molar-refractivity contribution in [2.45, 2.75) is 24.5 Å². The number of aromatic nitrogens is 2. The number of methoxy groups -OCH3 is 1. The average molecular weight is 312 g/mol. The first-order chi connectivity index (χ1) is 10.1. The zero-order valence-corrected chi connectivity index (χ0v) is 12.5. The molecule has 0 radical (unpaired) electrons. The minimum absolute atomic E-state index is 0.0656. The quantitative estimate of drug-likeness (QED) is 0.600. The van der Waals surface area contributed by atoms with Crippen LogP contribution in [-0.2, 0) is 16.1 Å². The number of benzene rings is 1. The number of hydrogen-bond donors (Lipinski definition) is 1. The Labute approximate surface area is 126 Å². The first kappa shape index (κ1) is 15.8. The van der Waals surface area contributed by atoms with E-state index in [9.17, 15) is 9.18 Å². The van der Waals surface area contributed by atoms with Crippen molar-refractivity contribution in [2.24, 2.45) is 0 Å². The van der Waals surface area contributed by atoms with Crippen molar-refractivity contribution in [1.29, 1.82) is 0 Å². The van der Waals surface area contributed by atoms with Crippen molar-refractivity contribution in [3.05, 3.63) is 24.0 Å². The van der Waals surface area contributed by atoms with Gasteiger partial charge in [-0.25, -0.2) is 9.37 Å². The van der Waals surface area contributed by atoms with Gasteiger partial charge in [-0.05, 0) is 31.0 Å². The molecular formula is C14H17FN2O3S. The highest BCUT2D eigenvalue weighted by Crippen LogP contribution is 2.25. The van der Waals surface area contributed by atoms with Crippen LogP contribution in [0.1, 0.15) is 12.8 Å². The fourth-order valence-electron chi connectivity index (χ4n) is 2.04. The predicted octanol–water partition coefficient (Wildman–Crippen LogP) is 2.78. The summed E-state index contributed by atoms with van der Waals surface area (Å²) in [5, 5.41) is 9.40. The number of imidazole rings is 1. The Balaban J connectivity index is 2.24. The first-order valence-electron chi connectivity index (χ1n) is 6.61. The van der Waals surface area contributed by atoms with Gasteiger partial charge in [0.1, 0.15) is 5.82 Å². The molecule has 1 aromatic carbocycles. The topological polar surface area (TPSA) is 64.3 Å². The highest BCUT2D eigenvalue weighted by atomic mass is 32.2. The maximum atomic E-state index is 13.4. The Hall–Kier alpha value is -1.60. The van der Waals surface area contributed by atoms with E-state index in [4.69, 9.17) is 9.84 Å². The molecule has 0 aliphatic rings. The second kappa shape index (κ2) is 7.42. The number of thioether (sulfide) groups is 1. The fourth-order valence-corrected chi connectivity index (χ4v) is 2.80. The van der Waals surface area contributed by atoms with E-state index in [-0.39, 0.29) is 11.6 Å². The van der Waals surface area contributed by atoms with Gasteiger partial charge in [0.2, 0.25) is 0 Å². The highest BCUT2D eigenvalue weighted by molar-refractivity contribution is 7.99. The van der Waals surface area contributed by atoms with Crippen LogP contribution in [0.25, 0.3) is 11.0 Å². The molecule has 1 N–H and O–H groups in total. The second-order valence-corrected chi connectivity index (χ2v) is 5.50. The van der Waals surface area contributed by atoms with Gasteiger partial charge >= 0.3 is 5.97 Å². The molecule has 1 aromatic heterocycles. The lowest BCUT2D eigenvalue weighted by Gasteiger charge is -2.08. The summed E-state index contributed by atoms with van der Waals surface area (Å²) in [6.45, 7) is 1.32. The third-order valence-corrected chi connectivity index (χ3v) is 3.94. The molecule has 0 saturated carbocycles. The Bertz CT molecular complexity index is 630. The van der Waals surface area contributed by atoms with Gasteiger partial charge in [-0.15, -0.1) is 0 Å². The standard InChI is InChI=1S/C14H17FN2O3S/c1-20-7-3-2-6-17-12-8-10(15)4-5-11(12)16-14(17)21-9-13(18)19/h4-5,8H,2-3,6-7,9H2,1H3,(H,18,19). The summed E-state index contributed by atoms with van der Waals surface area (Å²) < 4.78 is 20.3. The maximum Gasteiger partial charge on any atom is 0.313 e. The van der Waals surface area contributed by atoms with Crippen molar-refractivity contribution in [1.82, 2.24) is 9.55 Å². The van der Waals surface area contributed by atoms with Crippen LogP contribution < -0.4 is 0 Å². The van der Waals surface area contributed by atoms with Crippen molar-refractivity contribution in [2.75, 3.05) is 19.5 Å². The molecule has 0 amide bonds. The van der Waals surface area contributed by atoms with Crippen LogP contribution in [0.2, 0.25) is 0 Å². The first-order valence-corrected chi connectivity index (χ1v) is 7.59. The summed E-state index contributed by atoms with van der Waals surface area (Å²) in [4.78, 5) is 15.1. The molecule has 2 aromatic rings. The molecule has 5 nitrogen and oxygen atoms in total. The van der Waals surface area contributed by atoms with Crippen molar-refractivity contribution in [3.8, 4) is 0 Å². The Morgan fingerprint density at radius 2 is 2.29 bits per heavy atom. The fraction of sp³-hybridized carbons (Fsp3) is 0.429. The van der Waals surface area contributed by atoms with E-state index in [0.717, 1.165) is 24.6 Å². The number of carbonyl (C=O) groups is 1. The third-order valence-electron chi connectivity index (χ3n) is 2.98. The highest BCUT2D eigenvalue weighted by Gasteiger charge is 2.13. The van der Waals surface area contributed by atoms with Gasteiger partial charge < -0.3 is 14.4 Å². The number of carboxylic acids is 1. The van der Waals surface area contributed by atoms with E-state index in [1.54, 1.807) is 13.2 Å². The van der Waals surface area contributed by atoms with Gasteiger partial charge in [0.25, 0.3) is 0 Å². The predicted molar refractivity (Wildman–Crippen MR) is 79.2 cm³/mol. The number of unbranched alkanes of at least 4 members (excludes halogenated alkanes) is 1. The van der Waals surface area contributed by atoms with E-state index >= 15 is 0 Å². The molecule has 7 heteroatoms. The Kier molecular flexibility index (Phi) is 5.58. The lowest BCUT2D eigenvalue weighted by atomic mass is 10.3. The zero-order valence-electron chi connectivity index (χ0n) is 11.7. The van der Waals surface area contributed by atoms with Crippen LogP contribution in [0.3, 0.4) is 0 Å². The molecule has 0 fully saturated rings. The summed E-state index contributed by atoms with van der Waals surface area (Å²) in [5.41, 5.74) is 1.37. The lowest BCUT2D eigenvalue weighted by Crippen LogP contribution is -2.04. The number of nitrogens with zero attached hydrogens (tertiary/aromatic N) is 2. The largest absolute Gasteiger partial charge is 0.481 e. The molecule has 0 atom stereocenters. The van der Waals surface area contributed by atoms with E-state index in [1.807, 2.05) is 4.57 Å². The van der Waals surface area contributed by atoms with Gasteiger partial charge in [0.15, 0.2) is 5.16 Å². The number of hydrogen-bond acceptors (Lipinski definition) is 4. The number of fused-ring (bicyclic) bond motifs is 1. The molecule has 0 unspecified atom stereocenters. The van der Waals surface area contributed by atoms with Crippen LogP contribution in [0, 0.1) is 5.82 Å². The van der Waals surface area contributed by atoms with Crippen molar-refractivity contribution < 1.29 is 19.0 Å². The number of ether oxygens (including phenoxy) is 1. The van der Waals surface area contributed by atoms with Gasteiger partial charge in [0, 0.05) is 20.3 Å². The summed E-state index contributed by atoms with van der Waals surface area (Å²) in [5.74, 6) is -1.29. The average Bonchev–Trinajstić information content (AvgIpc) is 2.78. The summed E-state index contributed by atoms with van der Waals surface area (Å²) in [6, 6.07) is 4.40. The lowest BCUT2D eigenvalue weighted by molar-refractivity contribution is -0.133. The van der Waals surface area contributed by atoms with Crippen molar-refractivity contribution in [3.63, 3.8) is 0 Å². The Morgan fingerprint density at radius 3 is 3.00 bits per heavy atom. The maximum absolute atomic E-state index is 13.4. The van der Waals surface area contributed by atoms with Gasteiger partial charge in [0.05, 0.1) is 16.8 Å². The molecule has 1 heterocycles. The van der Waals surface area contributed by atoms with E-state index in [1.165, 1.54) is 12.1 Å². The smallest absolute Gasteiger partial charge is 0.313 e. The van der Waals surface area contributed by atoms with Crippen LogP contribution in [-0.4, -0.2) is 40.1 Å². The normalized spacial score (nSPS) is 11.1. The van der Waals surface area contributed by atoms with Crippen LogP contribution in [0.5, 0.6) is 0 Å². The minimum Gasteiger partial charge on any atom is -0.481 e. The second-order valence-electron chi connectivity index (χ2n) is 4.56. The summed E-state index contributed by atoms with van der Waals surface area (Å²) >= 11 is 1.15. The summed E-state index contributed by atoms with van der Waals surface area (Å²) in [7, 11) is 1.65. The molecule has 114 valence electrons. The number of halogens is 1. The van der Waals surface area contributed by atoms with Gasteiger partial charge in [-0.1, -0.05) is 11.8 Å². The van der Waals surface area contributed by atoms with Crippen molar-refractivity contribution >= 4 is 28.8 Å². The van der Waals surface area contributed by atoms with Crippen LogP contribution in [0.4, 0.5) is 4.39 Å². The third kappa shape index (κ3) is 4.18. The summed E-state index contributed by atoms with van der Waals surface area (Å²) in [6.07, 6.45) is 1.74.